The highest BCUT2D eigenvalue weighted by Gasteiger charge is 2.28. The second-order valence-corrected chi connectivity index (χ2v) is 4.93. The number of nitrogens with zero attached hydrogens (tertiary/aromatic N) is 3. The van der Waals surface area contributed by atoms with Crippen molar-refractivity contribution in [3.63, 3.8) is 0 Å². The molecule has 0 spiro atoms. The van der Waals surface area contributed by atoms with E-state index in [9.17, 15) is 5.26 Å². The number of imidazole rings is 1. The van der Waals surface area contributed by atoms with Gasteiger partial charge in [-0.2, -0.15) is 5.26 Å². The predicted octanol–water partition coefficient (Wildman–Crippen LogP) is 3.26. The predicted molar refractivity (Wildman–Crippen MR) is 62.9 cm³/mol. The first-order chi connectivity index (χ1) is 7.74. The average Bonchev–Trinajstić information content (AvgIpc) is 2.77. The molecule has 3 heteroatoms. The Morgan fingerprint density at radius 2 is 2.19 bits per heavy atom. The Kier molecular flexibility index (Phi) is 3.28. The van der Waals surface area contributed by atoms with Gasteiger partial charge in [0.2, 0.25) is 0 Å². The number of rotatable bonds is 2. The minimum Gasteiger partial charge on any atom is -0.330 e. The maximum absolute atomic E-state index is 9.21. The zero-order chi connectivity index (χ0) is 11.5. The van der Waals surface area contributed by atoms with Crippen LogP contribution >= 0.6 is 0 Å². The highest BCUT2D eigenvalue weighted by atomic mass is 15.1. The minimum atomic E-state index is 0.167. The summed E-state index contributed by atoms with van der Waals surface area (Å²) in [5, 5.41) is 9.21. The molecule has 1 aliphatic carbocycles. The largest absolute Gasteiger partial charge is 0.330 e. The van der Waals surface area contributed by atoms with Crippen molar-refractivity contribution in [1.29, 1.82) is 5.26 Å². The molecule has 2 rings (SSSR count). The van der Waals surface area contributed by atoms with Gasteiger partial charge in [-0.05, 0) is 12.8 Å². The van der Waals surface area contributed by atoms with E-state index in [0.717, 1.165) is 18.7 Å². The highest BCUT2D eigenvalue weighted by molar-refractivity contribution is 5.04. The van der Waals surface area contributed by atoms with Crippen LogP contribution in [0, 0.1) is 17.2 Å². The van der Waals surface area contributed by atoms with E-state index in [4.69, 9.17) is 0 Å². The molecule has 0 aliphatic heterocycles. The fraction of sp³-hybridized carbons (Fsp3) is 0.692. The maximum atomic E-state index is 9.21. The van der Waals surface area contributed by atoms with Crippen LogP contribution in [-0.2, 0) is 0 Å². The van der Waals surface area contributed by atoms with E-state index >= 15 is 0 Å². The summed E-state index contributed by atoms with van der Waals surface area (Å²) in [4.78, 5) is 4.41. The molecule has 1 aromatic heterocycles. The summed E-state index contributed by atoms with van der Waals surface area (Å²) < 4.78 is 2.23. The van der Waals surface area contributed by atoms with Gasteiger partial charge in [-0.25, -0.2) is 4.98 Å². The molecule has 0 N–H and O–H groups in total. The van der Waals surface area contributed by atoms with Crippen molar-refractivity contribution in [2.45, 2.75) is 51.5 Å². The lowest BCUT2D eigenvalue weighted by Crippen LogP contribution is -2.23. The van der Waals surface area contributed by atoms with Crippen molar-refractivity contribution >= 4 is 0 Å². The topological polar surface area (TPSA) is 41.6 Å². The molecule has 1 saturated carbocycles. The van der Waals surface area contributed by atoms with Crippen LogP contribution in [-0.4, -0.2) is 9.55 Å². The standard InChI is InChI=1S/C13H19N3/c1-10(2)13-15-7-8-16(13)12-6-4-3-5-11(12)9-14/h7-8,10-12H,3-6H2,1-2H3. The molecule has 2 unspecified atom stereocenters. The molecule has 0 radical (unpaired) electrons. The van der Waals surface area contributed by atoms with Crippen LogP contribution in [0.4, 0.5) is 0 Å². The van der Waals surface area contributed by atoms with Crippen LogP contribution in [0.2, 0.25) is 0 Å². The number of aromatic nitrogens is 2. The molecular formula is C13H19N3. The molecule has 0 aromatic carbocycles. The third kappa shape index (κ3) is 1.97. The van der Waals surface area contributed by atoms with Gasteiger partial charge in [0.1, 0.15) is 5.82 Å². The van der Waals surface area contributed by atoms with Gasteiger partial charge in [0, 0.05) is 18.3 Å². The monoisotopic (exact) mass is 217 g/mol. The van der Waals surface area contributed by atoms with Gasteiger partial charge in [0.25, 0.3) is 0 Å². The highest BCUT2D eigenvalue weighted by Crippen LogP contribution is 2.35. The maximum Gasteiger partial charge on any atom is 0.111 e. The van der Waals surface area contributed by atoms with E-state index in [2.05, 4.69) is 29.5 Å². The van der Waals surface area contributed by atoms with Crippen LogP contribution in [0.5, 0.6) is 0 Å². The van der Waals surface area contributed by atoms with E-state index in [-0.39, 0.29) is 5.92 Å². The first-order valence-corrected chi connectivity index (χ1v) is 6.16. The van der Waals surface area contributed by atoms with Crippen LogP contribution in [0.15, 0.2) is 12.4 Å². The van der Waals surface area contributed by atoms with Crippen LogP contribution in [0.1, 0.15) is 57.3 Å². The lowest BCUT2D eigenvalue weighted by Gasteiger charge is -2.29. The van der Waals surface area contributed by atoms with Crippen LogP contribution < -0.4 is 0 Å². The average molecular weight is 217 g/mol. The van der Waals surface area contributed by atoms with E-state index in [1.807, 2.05) is 12.4 Å². The van der Waals surface area contributed by atoms with Crippen molar-refractivity contribution in [2.24, 2.45) is 5.92 Å². The SMILES string of the molecule is CC(C)c1nccn1C1CCCCC1C#N. The summed E-state index contributed by atoms with van der Waals surface area (Å²) in [5.41, 5.74) is 0. The smallest absolute Gasteiger partial charge is 0.111 e. The first-order valence-electron chi connectivity index (χ1n) is 6.16. The Bertz CT molecular complexity index is 386. The Morgan fingerprint density at radius 1 is 1.44 bits per heavy atom. The Balaban J connectivity index is 2.28. The second kappa shape index (κ2) is 4.69. The first kappa shape index (κ1) is 11.2. The number of nitriles is 1. The molecule has 1 fully saturated rings. The molecule has 3 nitrogen and oxygen atoms in total. The zero-order valence-corrected chi connectivity index (χ0v) is 10.1. The van der Waals surface area contributed by atoms with Crippen LogP contribution in [0.25, 0.3) is 0 Å². The Labute approximate surface area is 97.1 Å². The third-order valence-electron chi connectivity index (χ3n) is 3.47. The van der Waals surface area contributed by atoms with E-state index in [1.54, 1.807) is 0 Å². The minimum absolute atomic E-state index is 0.167. The summed E-state index contributed by atoms with van der Waals surface area (Å²) in [6.07, 6.45) is 8.48. The zero-order valence-electron chi connectivity index (χ0n) is 10.1. The quantitative estimate of drug-likeness (QED) is 0.763. The summed E-state index contributed by atoms with van der Waals surface area (Å²) in [6, 6.07) is 2.81. The second-order valence-electron chi connectivity index (χ2n) is 4.93. The lowest BCUT2D eigenvalue weighted by atomic mass is 9.85. The third-order valence-corrected chi connectivity index (χ3v) is 3.47. The van der Waals surface area contributed by atoms with Gasteiger partial charge in [0.05, 0.1) is 18.0 Å². The van der Waals surface area contributed by atoms with Gasteiger partial charge < -0.3 is 4.57 Å². The van der Waals surface area contributed by atoms with E-state index < -0.39 is 0 Å². The van der Waals surface area contributed by atoms with Gasteiger partial charge in [-0.1, -0.05) is 26.7 Å². The molecule has 0 amide bonds. The van der Waals surface area contributed by atoms with Crippen molar-refractivity contribution in [1.82, 2.24) is 9.55 Å². The summed E-state index contributed by atoms with van der Waals surface area (Å²) >= 11 is 0. The molecule has 0 bridgehead atoms. The molecule has 1 aromatic rings. The van der Waals surface area contributed by atoms with Crippen molar-refractivity contribution in [2.75, 3.05) is 0 Å². The summed E-state index contributed by atoms with van der Waals surface area (Å²) in [6.45, 7) is 4.31. The van der Waals surface area contributed by atoms with E-state index in [0.29, 0.717) is 12.0 Å². The van der Waals surface area contributed by atoms with Gasteiger partial charge >= 0.3 is 0 Å². The van der Waals surface area contributed by atoms with Crippen molar-refractivity contribution < 1.29 is 0 Å². The van der Waals surface area contributed by atoms with Gasteiger partial charge in [0.15, 0.2) is 0 Å². The fourth-order valence-electron chi connectivity index (χ4n) is 2.65. The number of hydrogen-bond acceptors (Lipinski definition) is 2. The summed E-state index contributed by atoms with van der Waals surface area (Å²) in [5.74, 6) is 1.71. The molecule has 86 valence electrons. The van der Waals surface area contributed by atoms with Gasteiger partial charge in [-0.15, -0.1) is 0 Å². The number of hydrogen-bond donors (Lipinski definition) is 0. The molecule has 1 heterocycles. The van der Waals surface area contributed by atoms with Crippen molar-refractivity contribution in [3.05, 3.63) is 18.2 Å². The molecule has 2 atom stereocenters. The Hall–Kier alpha value is -1.30. The van der Waals surface area contributed by atoms with E-state index in [1.165, 1.54) is 12.8 Å². The summed E-state index contributed by atoms with van der Waals surface area (Å²) in [7, 11) is 0. The van der Waals surface area contributed by atoms with Gasteiger partial charge in [-0.3, -0.25) is 0 Å². The molecule has 1 aliphatic rings. The fourth-order valence-corrected chi connectivity index (χ4v) is 2.65. The molecule has 0 saturated heterocycles. The molecular weight excluding hydrogens is 198 g/mol. The molecule has 16 heavy (non-hydrogen) atoms. The lowest BCUT2D eigenvalue weighted by molar-refractivity contribution is 0.282. The van der Waals surface area contributed by atoms with Crippen LogP contribution in [0.3, 0.4) is 0 Å². The van der Waals surface area contributed by atoms with Crippen molar-refractivity contribution in [3.8, 4) is 6.07 Å². The normalized spacial score (nSPS) is 25.6. The Morgan fingerprint density at radius 3 is 2.88 bits per heavy atom.